The van der Waals surface area contributed by atoms with Crippen LogP contribution in [0.15, 0.2) is 30.3 Å². The van der Waals surface area contributed by atoms with E-state index in [1.54, 1.807) is 11.2 Å². The molecule has 4 nitrogen and oxygen atoms in total. The fourth-order valence-electron chi connectivity index (χ4n) is 2.55. The van der Waals surface area contributed by atoms with Crippen molar-refractivity contribution < 1.29 is 8.42 Å². The SMILES string of the molecule is CCS(=O)(=O)N1CCn2c(cc3ccccc32)C1. The second kappa shape index (κ2) is 4.10. The highest BCUT2D eigenvalue weighted by atomic mass is 32.2. The van der Waals surface area contributed by atoms with Crippen molar-refractivity contribution in [3.63, 3.8) is 0 Å². The summed E-state index contributed by atoms with van der Waals surface area (Å²) in [7, 11) is -3.08. The van der Waals surface area contributed by atoms with Gasteiger partial charge in [-0.3, -0.25) is 0 Å². The predicted molar refractivity (Wildman–Crippen MR) is 71.8 cm³/mol. The summed E-state index contributed by atoms with van der Waals surface area (Å²) in [4.78, 5) is 0. The van der Waals surface area contributed by atoms with E-state index in [0.717, 1.165) is 12.2 Å². The monoisotopic (exact) mass is 264 g/mol. The van der Waals surface area contributed by atoms with Crippen molar-refractivity contribution >= 4 is 20.9 Å². The molecule has 1 aliphatic heterocycles. The molecule has 0 amide bonds. The number of hydrogen-bond donors (Lipinski definition) is 0. The minimum atomic E-state index is -3.08. The highest BCUT2D eigenvalue weighted by Crippen LogP contribution is 2.25. The third-order valence-electron chi connectivity index (χ3n) is 3.57. The first-order chi connectivity index (χ1) is 8.62. The first-order valence-corrected chi connectivity index (χ1v) is 7.78. The maximum Gasteiger partial charge on any atom is 0.214 e. The van der Waals surface area contributed by atoms with Gasteiger partial charge in [-0.25, -0.2) is 8.42 Å². The van der Waals surface area contributed by atoms with E-state index in [0.29, 0.717) is 13.1 Å². The maximum atomic E-state index is 11.9. The second-order valence-electron chi connectivity index (χ2n) is 4.58. The minimum Gasteiger partial charge on any atom is -0.342 e. The van der Waals surface area contributed by atoms with Gasteiger partial charge in [0.05, 0.1) is 12.3 Å². The Balaban J connectivity index is 2.04. The molecule has 96 valence electrons. The predicted octanol–water partition coefficient (Wildman–Crippen LogP) is 1.81. The van der Waals surface area contributed by atoms with Crippen molar-refractivity contribution in [2.45, 2.75) is 20.0 Å². The quantitative estimate of drug-likeness (QED) is 0.830. The molecule has 0 saturated carbocycles. The highest BCUT2D eigenvalue weighted by Gasteiger charge is 2.26. The Labute approximate surface area is 107 Å². The molecular weight excluding hydrogens is 248 g/mol. The van der Waals surface area contributed by atoms with Crippen molar-refractivity contribution in [3.05, 3.63) is 36.0 Å². The molecule has 2 aromatic rings. The zero-order valence-electron chi connectivity index (χ0n) is 10.3. The third kappa shape index (κ3) is 1.74. The van der Waals surface area contributed by atoms with Gasteiger partial charge in [0.1, 0.15) is 0 Å². The first-order valence-electron chi connectivity index (χ1n) is 6.17. The lowest BCUT2D eigenvalue weighted by molar-refractivity contribution is 0.346. The zero-order valence-corrected chi connectivity index (χ0v) is 11.2. The summed E-state index contributed by atoms with van der Waals surface area (Å²) in [6, 6.07) is 10.3. The van der Waals surface area contributed by atoms with E-state index in [4.69, 9.17) is 0 Å². The van der Waals surface area contributed by atoms with Crippen LogP contribution in [0.25, 0.3) is 10.9 Å². The number of sulfonamides is 1. The van der Waals surface area contributed by atoms with Crippen LogP contribution < -0.4 is 0 Å². The fourth-order valence-corrected chi connectivity index (χ4v) is 3.61. The molecular formula is C13H16N2O2S. The van der Waals surface area contributed by atoms with Crippen LogP contribution in [0.1, 0.15) is 12.6 Å². The van der Waals surface area contributed by atoms with Crippen LogP contribution in [0.4, 0.5) is 0 Å². The van der Waals surface area contributed by atoms with E-state index in [-0.39, 0.29) is 5.75 Å². The largest absolute Gasteiger partial charge is 0.342 e. The van der Waals surface area contributed by atoms with Gasteiger partial charge in [-0.15, -0.1) is 0 Å². The Hall–Kier alpha value is -1.33. The van der Waals surface area contributed by atoms with Gasteiger partial charge in [-0.05, 0) is 24.4 Å². The minimum absolute atomic E-state index is 0.174. The Kier molecular flexibility index (Phi) is 2.68. The number of fused-ring (bicyclic) bond motifs is 3. The number of nitrogens with zero attached hydrogens (tertiary/aromatic N) is 2. The molecule has 1 aliphatic rings. The van der Waals surface area contributed by atoms with E-state index in [2.05, 4.69) is 22.8 Å². The Morgan fingerprint density at radius 3 is 2.78 bits per heavy atom. The summed E-state index contributed by atoms with van der Waals surface area (Å²) < 4.78 is 27.6. The van der Waals surface area contributed by atoms with E-state index in [9.17, 15) is 8.42 Å². The van der Waals surface area contributed by atoms with Gasteiger partial charge in [0.15, 0.2) is 0 Å². The number of hydrogen-bond acceptors (Lipinski definition) is 2. The van der Waals surface area contributed by atoms with Crippen LogP contribution in [0.5, 0.6) is 0 Å². The van der Waals surface area contributed by atoms with Crippen LogP contribution in [-0.2, 0) is 23.1 Å². The lowest BCUT2D eigenvalue weighted by Gasteiger charge is -2.27. The molecule has 5 heteroatoms. The van der Waals surface area contributed by atoms with Crippen LogP contribution in [0.2, 0.25) is 0 Å². The summed E-state index contributed by atoms with van der Waals surface area (Å²) in [6.07, 6.45) is 0. The summed E-state index contributed by atoms with van der Waals surface area (Å²) in [5.41, 5.74) is 2.28. The van der Waals surface area contributed by atoms with E-state index in [1.807, 2.05) is 12.1 Å². The molecule has 0 bridgehead atoms. The van der Waals surface area contributed by atoms with Crippen LogP contribution in [0.3, 0.4) is 0 Å². The fraction of sp³-hybridized carbons (Fsp3) is 0.385. The molecule has 1 aromatic heterocycles. The van der Waals surface area contributed by atoms with Crippen LogP contribution in [0, 0.1) is 0 Å². The van der Waals surface area contributed by atoms with Crippen molar-refractivity contribution in [3.8, 4) is 0 Å². The molecule has 2 heterocycles. The van der Waals surface area contributed by atoms with Crippen LogP contribution >= 0.6 is 0 Å². The number of para-hydroxylation sites is 1. The Morgan fingerprint density at radius 1 is 1.22 bits per heavy atom. The molecule has 3 rings (SSSR count). The topological polar surface area (TPSA) is 42.3 Å². The molecule has 18 heavy (non-hydrogen) atoms. The lowest BCUT2D eigenvalue weighted by atomic mass is 10.2. The maximum absolute atomic E-state index is 11.9. The normalized spacial score (nSPS) is 16.9. The Bertz CT molecular complexity index is 688. The molecule has 0 aliphatic carbocycles. The molecule has 0 fully saturated rings. The number of aromatic nitrogens is 1. The molecule has 0 unspecified atom stereocenters. The van der Waals surface area contributed by atoms with Gasteiger partial charge in [0.25, 0.3) is 0 Å². The van der Waals surface area contributed by atoms with Gasteiger partial charge >= 0.3 is 0 Å². The van der Waals surface area contributed by atoms with Gasteiger partial charge in [-0.2, -0.15) is 4.31 Å². The molecule has 0 saturated heterocycles. The average molecular weight is 264 g/mol. The van der Waals surface area contributed by atoms with Crippen molar-refractivity contribution in [1.29, 1.82) is 0 Å². The first kappa shape index (κ1) is 11.7. The summed E-state index contributed by atoms with van der Waals surface area (Å²) in [5, 5.41) is 1.18. The summed E-state index contributed by atoms with van der Waals surface area (Å²) in [5.74, 6) is 0.174. The standard InChI is InChI=1S/C13H16N2O2S/c1-2-18(16,17)14-7-8-15-12(10-14)9-11-5-3-4-6-13(11)15/h3-6,9H,2,7-8,10H2,1H3. The van der Waals surface area contributed by atoms with Gasteiger partial charge < -0.3 is 4.57 Å². The molecule has 0 N–H and O–H groups in total. The lowest BCUT2D eigenvalue weighted by Crippen LogP contribution is -2.38. The van der Waals surface area contributed by atoms with Crippen molar-refractivity contribution in [2.75, 3.05) is 12.3 Å². The van der Waals surface area contributed by atoms with Crippen molar-refractivity contribution in [2.24, 2.45) is 0 Å². The summed E-state index contributed by atoms with van der Waals surface area (Å²) >= 11 is 0. The molecule has 0 radical (unpaired) electrons. The average Bonchev–Trinajstić information content (AvgIpc) is 2.76. The number of benzene rings is 1. The van der Waals surface area contributed by atoms with Gasteiger partial charge in [-0.1, -0.05) is 18.2 Å². The second-order valence-corrected chi connectivity index (χ2v) is 6.84. The summed E-state index contributed by atoms with van der Waals surface area (Å²) in [6.45, 7) is 3.49. The van der Waals surface area contributed by atoms with E-state index >= 15 is 0 Å². The number of rotatable bonds is 2. The molecule has 0 spiro atoms. The highest BCUT2D eigenvalue weighted by molar-refractivity contribution is 7.89. The third-order valence-corrected chi connectivity index (χ3v) is 5.39. The van der Waals surface area contributed by atoms with Gasteiger partial charge in [0.2, 0.25) is 10.0 Å². The van der Waals surface area contributed by atoms with E-state index < -0.39 is 10.0 Å². The Morgan fingerprint density at radius 2 is 2.00 bits per heavy atom. The van der Waals surface area contributed by atoms with Gasteiger partial charge in [0, 0.05) is 24.3 Å². The smallest absolute Gasteiger partial charge is 0.214 e. The van der Waals surface area contributed by atoms with Crippen LogP contribution in [-0.4, -0.2) is 29.6 Å². The zero-order chi connectivity index (χ0) is 12.8. The van der Waals surface area contributed by atoms with Crippen molar-refractivity contribution in [1.82, 2.24) is 8.87 Å². The van der Waals surface area contributed by atoms with E-state index in [1.165, 1.54) is 10.9 Å². The molecule has 0 atom stereocenters. The molecule has 1 aromatic carbocycles.